The standard InChI is InChI=1S/C24H26N2O4S/c1-16(2)30-20-12-10-19(11-13-20)25-24(27)22-6-5-7-23(18(22)4)26-31(28,29)21-14-8-17(3)9-15-21/h5-16,26H,1-4H3,(H,25,27). The fraction of sp³-hybridized carbons (Fsp3) is 0.208. The molecular weight excluding hydrogens is 412 g/mol. The zero-order valence-electron chi connectivity index (χ0n) is 18.0. The number of anilines is 2. The van der Waals surface area contributed by atoms with E-state index in [0.29, 0.717) is 22.5 Å². The fourth-order valence-electron chi connectivity index (χ4n) is 3.00. The predicted molar refractivity (Wildman–Crippen MR) is 123 cm³/mol. The van der Waals surface area contributed by atoms with Crippen molar-refractivity contribution in [2.24, 2.45) is 0 Å². The number of hydrogen-bond acceptors (Lipinski definition) is 4. The maximum Gasteiger partial charge on any atom is 0.261 e. The molecule has 7 heteroatoms. The molecule has 1 amide bonds. The van der Waals surface area contributed by atoms with Crippen LogP contribution in [0.3, 0.4) is 0 Å². The van der Waals surface area contributed by atoms with E-state index in [9.17, 15) is 13.2 Å². The molecule has 0 saturated carbocycles. The third kappa shape index (κ3) is 5.64. The van der Waals surface area contributed by atoms with Gasteiger partial charge >= 0.3 is 0 Å². The Hall–Kier alpha value is -3.32. The van der Waals surface area contributed by atoms with Gasteiger partial charge in [-0.05, 0) is 81.8 Å². The maximum atomic E-state index is 12.8. The number of aryl methyl sites for hydroxylation is 1. The smallest absolute Gasteiger partial charge is 0.261 e. The second-order valence-corrected chi connectivity index (χ2v) is 9.22. The highest BCUT2D eigenvalue weighted by molar-refractivity contribution is 7.92. The van der Waals surface area contributed by atoms with Crippen LogP contribution in [0.25, 0.3) is 0 Å². The lowest BCUT2D eigenvalue weighted by molar-refractivity contribution is 0.102. The van der Waals surface area contributed by atoms with E-state index in [2.05, 4.69) is 10.0 Å². The molecule has 0 fully saturated rings. The van der Waals surface area contributed by atoms with Crippen LogP contribution in [-0.2, 0) is 10.0 Å². The van der Waals surface area contributed by atoms with E-state index in [4.69, 9.17) is 4.74 Å². The first-order valence-corrected chi connectivity index (χ1v) is 11.4. The maximum absolute atomic E-state index is 12.8. The zero-order chi connectivity index (χ0) is 22.6. The number of carbonyl (C=O) groups is 1. The Bertz CT molecular complexity index is 1170. The van der Waals surface area contributed by atoms with Gasteiger partial charge in [-0.1, -0.05) is 23.8 Å². The molecule has 3 rings (SSSR count). The van der Waals surface area contributed by atoms with Crippen LogP contribution in [0.15, 0.2) is 71.6 Å². The molecule has 3 aromatic rings. The van der Waals surface area contributed by atoms with Crippen LogP contribution in [0, 0.1) is 13.8 Å². The summed E-state index contributed by atoms with van der Waals surface area (Å²) in [4.78, 5) is 13.0. The van der Waals surface area contributed by atoms with Crippen LogP contribution in [0.5, 0.6) is 5.75 Å². The number of hydrogen-bond donors (Lipinski definition) is 2. The highest BCUT2D eigenvalue weighted by Crippen LogP contribution is 2.24. The van der Waals surface area contributed by atoms with Gasteiger partial charge < -0.3 is 10.1 Å². The Kier molecular flexibility index (Phi) is 6.65. The van der Waals surface area contributed by atoms with Crippen LogP contribution >= 0.6 is 0 Å². The molecular formula is C24H26N2O4S. The Morgan fingerprint density at radius 1 is 0.903 bits per heavy atom. The van der Waals surface area contributed by atoms with E-state index in [1.54, 1.807) is 73.7 Å². The summed E-state index contributed by atoms with van der Waals surface area (Å²) >= 11 is 0. The molecule has 0 atom stereocenters. The summed E-state index contributed by atoms with van der Waals surface area (Å²) in [5, 5.41) is 2.84. The van der Waals surface area contributed by atoms with Crippen molar-refractivity contribution < 1.29 is 17.9 Å². The minimum atomic E-state index is -3.76. The van der Waals surface area contributed by atoms with Crippen LogP contribution in [0.2, 0.25) is 0 Å². The van der Waals surface area contributed by atoms with Gasteiger partial charge in [0.1, 0.15) is 5.75 Å². The van der Waals surface area contributed by atoms with Gasteiger partial charge in [0, 0.05) is 11.3 Å². The molecule has 0 aromatic heterocycles. The number of amides is 1. The highest BCUT2D eigenvalue weighted by atomic mass is 32.2. The van der Waals surface area contributed by atoms with Gasteiger partial charge in [0.25, 0.3) is 15.9 Å². The fourth-order valence-corrected chi connectivity index (χ4v) is 4.12. The SMILES string of the molecule is Cc1ccc(S(=O)(=O)Nc2cccc(C(=O)Nc3ccc(OC(C)C)cc3)c2C)cc1. The van der Waals surface area contributed by atoms with Gasteiger partial charge in [0.15, 0.2) is 0 Å². The first-order valence-electron chi connectivity index (χ1n) is 9.93. The summed E-state index contributed by atoms with van der Waals surface area (Å²) in [7, 11) is -3.76. The molecule has 0 heterocycles. The second-order valence-electron chi connectivity index (χ2n) is 7.54. The van der Waals surface area contributed by atoms with Crippen molar-refractivity contribution >= 4 is 27.3 Å². The predicted octanol–water partition coefficient (Wildman–Crippen LogP) is 5.14. The van der Waals surface area contributed by atoms with Crippen molar-refractivity contribution in [1.29, 1.82) is 0 Å². The number of benzene rings is 3. The minimum Gasteiger partial charge on any atom is -0.491 e. The first kappa shape index (κ1) is 22.4. The molecule has 0 unspecified atom stereocenters. The van der Waals surface area contributed by atoms with Gasteiger partial charge in [-0.3, -0.25) is 9.52 Å². The monoisotopic (exact) mass is 438 g/mol. The van der Waals surface area contributed by atoms with Crippen LogP contribution in [0.4, 0.5) is 11.4 Å². The van der Waals surface area contributed by atoms with E-state index in [1.165, 1.54) is 0 Å². The molecule has 0 aliphatic rings. The molecule has 3 aromatic carbocycles. The lowest BCUT2D eigenvalue weighted by Crippen LogP contribution is -2.17. The van der Waals surface area contributed by atoms with Crippen LogP contribution in [0.1, 0.15) is 35.3 Å². The lowest BCUT2D eigenvalue weighted by atomic mass is 10.1. The molecule has 162 valence electrons. The van der Waals surface area contributed by atoms with E-state index in [-0.39, 0.29) is 16.9 Å². The van der Waals surface area contributed by atoms with Gasteiger partial charge in [-0.15, -0.1) is 0 Å². The topological polar surface area (TPSA) is 84.5 Å². The minimum absolute atomic E-state index is 0.0644. The average molecular weight is 439 g/mol. The van der Waals surface area contributed by atoms with E-state index in [0.717, 1.165) is 11.3 Å². The number of nitrogens with one attached hydrogen (secondary N) is 2. The summed E-state index contributed by atoms with van der Waals surface area (Å²) in [6, 6.07) is 18.6. The van der Waals surface area contributed by atoms with Crippen molar-refractivity contribution in [3.8, 4) is 5.75 Å². The Morgan fingerprint density at radius 2 is 1.55 bits per heavy atom. The Labute approximate surface area is 183 Å². The van der Waals surface area contributed by atoms with Gasteiger partial charge in [0.2, 0.25) is 0 Å². The summed E-state index contributed by atoms with van der Waals surface area (Å²) in [5.74, 6) is 0.392. The number of ether oxygens (including phenoxy) is 1. The molecule has 0 spiro atoms. The molecule has 0 saturated heterocycles. The Balaban J connectivity index is 1.78. The van der Waals surface area contributed by atoms with E-state index in [1.807, 2.05) is 20.8 Å². The van der Waals surface area contributed by atoms with Gasteiger partial charge in [0.05, 0.1) is 16.7 Å². The molecule has 0 radical (unpaired) electrons. The van der Waals surface area contributed by atoms with E-state index < -0.39 is 10.0 Å². The van der Waals surface area contributed by atoms with Crippen molar-refractivity contribution in [3.05, 3.63) is 83.4 Å². The summed E-state index contributed by atoms with van der Waals surface area (Å²) < 4.78 is 33.6. The van der Waals surface area contributed by atoms with Gasteiger partial charge in [-0.2, -0.15) is 0 Å². The number of carbonyl (C=O) groups excluding carboxylic acids is 1. The van der Waals surface area contributed by atoms with Crippen molar-refractivity contribution in [3.63, 3.8) is 0 Å². The van der Waals surface area contributed by atoms with Crippen LogP contribution < -0.4 is 14.8 Å². The molecule has 0 aliphatic heterocycles. The summed E-state index contributed by atoms with van der Waals surface area (Å²) in [5.41, 5.74) is 2.86. The number of rotatable bonds is 7. The van der Waals surface area contributed by atoms with Crippen LogP contribution in [-0.4, -0.2) is 20.4 Å². The highest BCUT2D eigenvalue weighted by Gasteiger charge is 2.18. The third-order valence-corrected chi connectivity index (χ3v) is 6.02. The lowest BCUT2D eigenvalue weighted by Gasteiger charge is -2.14. The van der Waals surface area contributed by atoms with Crippen molar-refractivity contribution in [2.45, 2.75) is 38.7 Å². The molecule has 31 heavy (non-hydrogen) atoms. The molecule has 0 bridgehead atoms. The molecule has 6 nitrogen and oxygen atoms in total. The first-order chi connectivity index (χ1) is 14.7. The molecule has 2 N–H and O–H groups in total. The average Bonchev–Trinajstić information content (AvgIpc) is 2.71. The number of sulfonamides is 1. The largest absolute Gasteiger partial charge is 0.491 e. The normalized spacial score (nSPS) is 11.3. The second kappa shape index (κ2) is 9.22. The summed E-state index contributed by atoms with van der Waals surface area (Å²) in [6.07, 6.45) is 0.0644. The zero-order valence-corrected chi connectivity index (χ0v) is 18.8. The van der Waals surface area contributed by atoms with Crippen molar-refractivity contribution in [2.75, 3.05) is 10.0 Å². The van der Waals surface area contributed by atoms with Crippen molar-refractivity contribution in [1.82, 2.24) is 0 Å². The van der Waals surface area contributed by atoms with Gasteiger partial charge in [-0.25, -0.2) is 8.42 Å². The quantitative estimate of drug-likeness (QED) is 0.535. The summed E-state index contributed by atoms with van der Waals surface area (Å²) in [6.45, 7) is 7.49. The third-order valence-electron chi connectivity index (χ3n) is 4.64. The Morgan fingerprint density at radius 3 is 2.16 bits per heavy atom. The molecule has 0 aliphatic carbocycles. The van der Waals surface area contributed by atoms with E-state index >= 15 is 0 Å².